The molecule has 0 saturated carbocycles. The first-order valence-corrected chi connectivity index (χ1v) is 8.56. The summed E-state index contributed by atoms with van der Waals surface area (Å²) in [5, 5.41) is 7.65. The molecule has 1 saturated heterocycles. The predicted molar refractivity (Wildman–Crippen MR) is 92.4 cm³/mol. The number of hydrogen-bond donors (Lipinski definition) is 1. The van der Waals surface area contributed by atoms with Gasteiger partial charge in [-0.2, -0.15) is 4.98 Å². The van der Waals surface area contributed by atoms with Crippen LogP contribution < -0.4 is 10.1 Å². The summed E-state index contributed by atoms with van der Waals surface area (Å²) in [6, 6.07) is 7.06. The molecule has 7 nitrogen and oxygen atoms in total. The highest BCUT2D eigenvalue weighted by atomic mass is 35.5. The Hall–Kier alpha value is -2.12. The van der Waals surface area contributed by atoms with E-state index < -0.39 is 5.60 Å². The van der Waals surface area contributed by atoms with E-state index in [1.807, 2.05) is 0 Å². The molecule has 0 atom stereocenters. The van der Waals surface area contributed by atoms with E-state index in [1.165, 1.54) is 0 Å². The topological polar surface area (TPSA) is 80.5 Å². The van der Waals surface area contributed by atoms with Crippen LogP contribution in [0, 0.1) is 6.92 Å². The number of amides is 1. The number of aromatic nitrogens is 2. The van der Waals surface area contributed by atoms with E-state index in [9.17, 15) is 4.79 Å². The third-order valence-electron chi connectivity index (χ3n) is 4.22. The van der Waals surface area contributed by atoms with E-state index in [4.69, 9.17) is 20.9 Å². The summed E-state index contributed by atoms with van der Waals surface area (Å²) in [4.78, 5) is 18.9. The van der Waals surface area contributed by atoms with Crippen LogP contribution in [0.1, 0.15) is 24.6 Å². The van der Waals surface area contributed by atoms with Crippen LogP contribution in [0.3, 0.4) is 0 Å². The van der Waals surface area contributed by atoms with Crippen molar-refractivity contribution in [2.45, 2.75) is 31.9 Å². The lowest BCUT2D eigenvalue weighted by Crippen LogP contribution is -2.56. The monoisotopic (exact) mass is 364 g/mol. The Bertz CT molecular complexity index is 726. The van der Waals surface area contributed by atoms with Crippen molar-refractivity contribution in [3.63, 3.8) is 0 Å². The van der Waals surface area contributed by atoms with Crippen LogP contribution in [0.15, 0.2) is 28.8 Å². The first kappa shape index (κ1) is 17.7. The Balaban J connectivity index is 1.78. The number of nitrogens with one attached hydrogen (secondary N) is 1. The average Bonchev–Trinajstić information content (AvgIpc) is 3.02. The Morgan fingerprint density at radius 1 is 1.36 bits per heavy atom. The third kappa shape index (κ3) is 4.11. The van der Waals surface area contributed by atoms with Gasteiger partial charge in [-0.25, -0.2) is 0 Å². The first-order valence-electron chi connectivity index (χ1n) is 8.19. The number of ether oxygens (including phenoxy) is 1. The fourth-order valence-electron chi connectivity index (χ4n) is 2.95. The summed E-state index contributed by atoms with van der Waals surface area (Å²) in [7, 11) is 1.72. The number of halogens is 1. The minimum atomic E-state index is -0.914. The maximum atomic E-state index is 13.2. The highest BCUT2D eigenvalue weighted by Gasteiger charge is 2.44. The molecule has 0 bridgehead atoms. The van der Waals surface area contributed by atoms with Gasteiger partial charge in [-0.3, -0.25) is 4.79 Å². The van der Waals surface area contributed by atoms with E-state index in [2.05, 4.69) is 15.5 Å². The van der Waals surface area contributed by atoms with Gasteiger partial charge in [0.15, 0.2) is 11.4 Å². The summed E-state index contributed by atoms with van der Waals surface area (Å²) in [5.41, 5.74) is -0.914. The van der Waals surface area contributed by atoms with Crippen LogP contribution in [0.25, 0.3) is 0 Å². The zero-order valence-corrected chi connectivity index (χ0v) is 15.0. The van der Waals surface area contributed by atoms with E-state index >= 15 is 0 Å². The number of nitrogens with zero attached hydrogens (tertiary/aromatic N) is 3. The molecule has 1 N–H and O–H groups in total. The molecule has 1 aliphatic heterocycles. The second-order valence-electron chi connectivity index (χ2n) is 6.20. The standard InChI is InChI=1S/C17H21ClN4O3/c1-12-20-15(25-21-12)11-22(2)16(23)17(7-9-19-10-8-17)24-14-5-3-13(18)4-6-14/h3-6,19H,7-11H2,1-2H3. The van der Waals surface area contributed by atoms with Gasteiger partial charge >= 0.3 is 0 Å². The summed E-state index contributed by atoms with van der Waals surface area (Å²) >= 11 is 5.93. The Morgan fingerprint density at radius 3 is 2.64 bits per heavy atom. The van der Waals surface area contributed by atoms with Gasteiger partial charge in [0.25, 0.3) is 5.91 Å². The fourth-order valence-corrected chi connectivity index (χ4v) is 3.07. The Labute approximate surface area is 151 Å². The molecular formula is C17H21ClN4O3. The van der Waals surface area contributed by atoms with Crippen LogP contribution in [0.4, 0.5) is 0 Å². The van der Waals surface area contributed by atoms with Crippen molar-refractivity contribution in [1.82, 2.24) is 20.4 Å². The number of benzene rings is 1. The molecule has 1 aromatic carbocycles. The summed E-state index contributed by atoms with van der Waals surface area (Å²) in [5.74, 6) is 1.48. The van der Waals surface area contributed by atoms with Crippen molar-refractivity contribution in [2.24, 2.45) is 0 Å². The molecule has 3 rings (SSSR count). The zero-order chi connectivity index (χ0) is 17.9. The second kappa shape index (κ2) is 7.41. The maximum absolute atomic E-state index is 13.2. The smallest absolute Gasteiger partial charge is 0.267 e. The highest BCUT2D eigenvalue weighted by molar-refractivity contribution is 6.30. The lowest BCUT2D eigenvalue weighted by molar-refractivity contribution is -0.150. The lowest BCUT2D eigenvalue weighted by Gasteiger charge is -2.38. The molecule has 2 aromatic rings. The van der Waals surface area contributed by atoms with Gasteiger partial charge in [0, 0.05) is 24.9 Å². The van der Waals surface area contributed by atoms with Gasteiger partial charge in [0.2, 0.25) is 5.89 Å². The van der Waals surface area contributed by atoms with Gasteiger partial charge in [-0.15, -0.1) is 0 Å². The number of aryl methyl sites for hydroxylation is 1. The van der Waals surface area contributed by atoms with E-state index in [-0.39, 0.29) is 12.5 Å². The summed E-state index contributed by atoms with van der Waals surface area (Å²) in [6.07, 6.45) is 1.17. The number of likely N-dealkylation sites (N-methyl/N-ethyl adjacent to an activating group) is 1. The fraction of sp³-hybridized carbons (Fsp3) is 0.471. The molecule has 0 aliphatic carbocycles. The minimum Gasteiger partial charge on any atom is -0.477 e. The van der Waals surface area contributed by atoms with Crippen LogP contribution in [-0.2, 0) is 11.3 Å². The molecule has 1 amide bonds. The van der Waals surface area contributed by atoms with E-state index in [0.717, 1.165) is 0 Å². The Morgan fingerprint density at radius 2 is 2.04 bits per heavy atom. The number of hydrogen-bond acceptors (Lipinski definition) is 6. The molecule has 8 heteroatoms. The lowest BCUT2D eigenvalue weighted by atomic mass is 9.90. The Kier molecular flexibility index (Phi) is 5.24. The van der Waals surface area contributed by atoms with Gasteiger partial charge in [0.05, 0.1) is 6.54 Å². The van der Waals surface area contributed by atoms with Gasteiger partial charge in [-0.05, 0) is 44.3 Å². The van der Waals surface area contributed by atoms with Gasteiger partial charge in [-0.1, -0.05) is 16.8 Å². The molecule has 0 spiro atoms. The number of carbonyl (C=O) groups excluding carboxylic acids is 1. The van der Waals surface area contributed by atoms with Gasteiger partial charge < -0.3 is 19.5 Å². The van der Waals surface area contributed by atoms with Crippen molar-refractivity contribution in [2.75, 3.05) is 20.1 Å². The minimum absolute atomic E-state index is 0.0974. The predicted octanol–water partition coefficient (Wildman–Crippen LogP) is 2.19. The third-order valence-corrected chi connectivity index (χ3v) is 4.47. The number of carbonyl (C=O) groups is 1. The van der Waals surface area contributed by atoms with Crippen molar-refractivity contribution < 1.29 is 14.1 Å². The van der Waals surface area contributed by atoms with E-state index in [1.54, 1.807) is 43.1 Å². The van der Waals surface area contributed by atoms with Crippen molar-refractivity contribution in [3.05, 3.63) is 41.0 Å². The van der Waals surface area contributed by atoms with E-state index in [0.29, 0.717) is 48.4 Å². The second-order valence-corrected chi connectivity index (χ2v) is 6.63. The van der Waals surface area contributed by atoms with Gasteiger partial charge in [0.1, 0.15) is 5.75 Å². The molecule has 1 aliphatic rings. The first-order chi connectivity index (χ1) is 12.0. The molecule has 2 heterocycles. The van der Waals surface area contributed by atoms with Crippen LogP contribution >= 0.6 is 11.6 Å². The summed E-state index contributed by atoms with van der Waals surface area (Å²) in [6.45, 7) is 3.42. The van der Waals surface area contributed by atoms with Crippen LogP contribution in [0.2, 0.25) is 5.02 Å². The average molecular weight is 365 g/mol. The molecule has 1 aromatic heterocycles. The molecule has 134 valence electrons. The number of rotatable bonds is 5. The van der Waals surface area contributed by atoms with Crippen molar-refractivity contribution >= 4 is 17.5 Å². The zero-order valence-electron chi connectivity index (χ0n) is 14.3. The molecule has 0 radical (unpaired) electrons. The van der Waals surface area contributed by atoms with Crippen molar-refractivity contribution in [1.29, 1.82) is 0 Å². The maximum Gasteiger partial charge on any atom is 0.267 e. The highest BCUT2D eigenvalue weighted by Crippen LogP contribution is 2.29. The molecule has 1 fully saturated rings. The number of piperidine rings is 1. The van der Waals surface area contributed by atoms with Crippen LogP contribution in [0.5, 0.6) is 5.75 Å². The van der Waals surface area contributed by atoms with Crippen LogP contribution in [-0.4, -0.2) is 46.7 Å². The largest absolute Gasteiger partial charge is 0.477 e. The molecule has 25 heavy (non-hydrogen) atoms. The summed E-state index contributed by atoms with van der Waals surface area (Å²) < 4.78 is 11.3. The normalized spacial score (nSPS) is 16.4. The molecule has 0 unspecified atom stereocenters. The molecular weight excluding hydrogens is 344 g/mol. The quantitative estimate of drug-likeness (QED) is 0.876. The van der Waals surface area contributed by atoms with Crippen molar-refractivity contribution in [3.8, 4) is 5.75 Å². The SMILES string of the molecule is Cc1noc(CN(C)C(=O)C2(Oc3ccc(Cl)cc3)CCNCC2)n1.